The van der Waals surface area contributed by atoms with Crippen LogP contribution in [0.5, 0.6) is 0 Å². The molecule has 0 atom stereocenters. The van der Waals surface area contributed by atoms with Gasteiger partial charge in [0, 0.05) is 32.2 Å². The molecule has 4 rings (SSSR count). The first-order chi connectivity index (χ1) is 12.1. The highest BCUT2D eigenvalue weighted by Gasteiger charge is 2.23. The normalized spacial score (nSPS) is 15.4. The fourth-order valence-electron chi connectivity index (χ4n) is 3.00. The molecule has 3 aromatic heterocycles. The average molecular weight is 346 g/mol. The minimum atomic E-state index is -2.60. The number of piperazine rings is 1. The maximum Gasteiger partial charge on any atom is 0.280 e. The van der Waals surface area contributed by atoms with Gasteiger partial charge in [0.25, 0.3) is 6.43 Å². The topological polar surface area (TPSA) is 86.7 Å². The molecule has 0 aliphatic carbocycles. The second kappa shape index (κ2) is 6.19. The summed E-state index contributed by atoms with van der Waals surface area (Å²) in [5, 5.41) is 7.70. The molecule has 1 aliphatic rings. The fourth-order valence-corrected chi connectivity index (χ4v) is 3.00. The quantitative estimate of drug-likeness (QED) is 0.772. The third-order valence-electron chi connectivity index (χ3n) is 4.20. The van der Waals surface area contributed by atoms with E-state index in [-0.39, 0.29) is 5.69 Å². The Labute approximate surface area is 141 Å². The largest absolute Gasteiger partial charge is 0.353 e. The van der Waals surface area contributed by atoms with Crippen LogP contribution in [0.15, 0.2) is 18.6 Å². The molecule has 0 radical (unpaired) electrons. The van der Waals surface area contributed by atoms with Gasteiger partial charge in [0.1, 0.15) is 29.5 Å². The molecule has 0 bridgehead atoms. The van der Waals surface area contributed by atoms with Gasteiger partial charge in [-0.15, -0.1) is 0 Å². The first kappa shape index (κ1) is 15.6. The minimum absolute atomic E-state index is 0.235. The molecular weight excluding hydrogens is 330 g/mol. The summed E-state index contributed by atoms with van der Waals surface area (Å²) >= 11 is 0. The first-order valence-electron chi connectivity index (χ1n) is 7.89. The van der Waals surface area contributed by atoms with Crippen molar-refractivity contribution in [1.29, 1.82) is 0 Å². The number of hydrogen-bond donors (Lipinski definition) is 1. The Morgan fingerprint density at radius 2 is 1.84 bits per heavy atom. The molecule has 0 aromatic carbocycles. The summed E-state index contributed by atoms with van der Waals surface area (Å²) in [6, 6.07) is 1.37. The monoisotopic (exact) mass is 346 g/mol. The molecule has 1 N–H and O–H groups in total. The molecule has 1 saturated heterocycles. The summed E-state index contributed by atoms with van der Waals surface area (Å²) in [6.07, 6.45) is 0.613. The van der Waals surface area contributed by atoms with Crippen molar-refractivity contribution in [2.45, 2.75) is 13.3 Å². The highest BCUT2D eigenvalue weighted by Crippen LogP contribution is 2.25. The van der Waals surface area contributed by atoms with Gasteiger partial charge in [0.05, 0.1) is 11.6 Å². The maximum absolute atomic E-state index is 13.0. The van der Waals surface area contributed by atoms with Crippen LogP contribution in [0.4, 0.5) is 20.4 Å². The number of aromatic amines is 1. The van der Waals surface area contributed by atoms with E-state index in [1.54, 1.807) is 13.1 Å². The van der Waals surface area contributed by atoms with Crippen molar-refractivity contribution in [1.82, 2.24) is 30.1 Å². The van der Waals surface area contributed by atoms with Gasteiger partial charge in [-0.05, 0) is 6.92 Å². The molecule has 1 aliphatic heterocycles. The van der Waals surface area contributed by atoms with E-state index < -0.39 is 6.43 Å². The summed E-state index contributed by atoms with van der Waals surface area (Å²) in [6.45, 7) is 4.34. The van der Waals surface area contributed by atoms with Gasteiger partial charge < -0.3 is 9.80 Å². The predicted molar refractivity (Wildman–Crippen MR) is 87.8 cm³/mol. The predicted octanol–water partition coefficient (Wildman–Crippen LogP) is 1.72. The fraction of sp³-hybridized carbons (Fsp3) is 0.400. The number of fused-ring (bicyclic) bond motifs is 1. The highest BCUT2D eigenvalue weighted by atomic mass is 19.3. The highest BCUT2D eigenvalue weighted by molar-refractivity contribution is 5.86. The molecule has 0 unspecified atom stereocenters. The van der Waals surface area contributed by atoms with Crippen molar-refractivity contribution in [2.24, 2.45) is 0 Å². The van der Waals surface area contributed by atoms with Crippen molar-refractivity contribution < 1.29 is 8.78 Å². The molecule has 8 nitrogen and oxygen atoms in total. The lowest BCUT2D eigenvalue weighted by Gasteiger charge is -2.36. The van der Waals surface area contributed by atoms with E-state index >= 15 is 0 Å². The van der Waals surface area contributed by atoms with Crippen LogP contribution in [0.3, 0.4) is 0 Å². The molecule has 3 aromatic rings. The standard InChI is InChI=1S/C15H16F2N8/c1-9-21-11(13(16)17)6-12(22-9)24-2-4-25(5-3-24)15-10-7-20-23-14(10)18-8-19-15/h6-8,13H,2-5H2,1H3,(H,18,19,20,23). The minimum Gasteiger partial charge on any atom is -0.353 e. The van der Waals surface area contributed by atoms with E-state index in [2.05, 4.69) is 35.0 Å². The molecule has 1 fully saturated rings. The number of halogens is 2. The zero-order valence-electron chi connectivity index (χ0n) is 13.5. The number of nitrogens with one attached hydrogen (secondary N) is 1. The molecule has 10 heteroatoms. The Morgan fingerprint density at radius 1 is 1.08 bits per heavy atom. The zero-order chi connectivity index (χ0) is 17.4. The van der Waals surface area contributed by atoms with Crippen LogP contribution in [0, 0.1) is 6.92 Å². The molecular formula is C15H16F2N8. The second-order valence-corrected chi connectivity index (χ2v) is 5.80. The van der Waals surface area contributed by atoms with Gasteiger partial charge in [-0.2, -0.15) is 5.10 Å². The number of aryl methyl sites for hydroxylation is 1. The van der Waals surface area contributed by atoms with Crippen molar-refractivity contribution in [3.05, 3.63) is 30.1 Å². The summed E-state index contributed by atoms with van der Waals surface area (Å²) in [5.74, 6) is 1.72. The van der Waals surface area contributed by atoms with E-state index in [0.717, 1.165) is 11.2 Å². The lowest BCUT2D eigenvalue weighted by atomic mass is 10.2. The maximum atomic E-state index is 13.0. The smallest absolute Gasteiger partial charge is 0.280 e. The summed E-state index contributed by atoms with van der Waals surface area (Å²) in [4.78, 5) is 20.7. The number of hydrogen-bond acceptors (Lipinski definition) is 7. The number of rotatable bonds is 3. The number of nitrogens with zero attached hydrogens (tertiary/aromatic N) is 7. The van der Waals surface area contributed by atoms with Gasteiger partial charge in [-0.1, -0.05) is 0 Å². The third kappa shape index (κ3) is 2.94. The van der Waals surface area contributed by atoms with Gasteiger partial charge in [-0.25, -0.2) is 28.7 Å². The lowest BCUT2D eigenvalue weighted by Crippen LogP contribution is -2.47. The lowest BCUT2D eigenvalue weighted by molar-refractivity contribution is 0.145. The zero-order valence-corrected chi connectivity index (χ0v) is 13.5. The number of alkyl halides is 2. The van der Waals surface area contributed by atoms with E-state index in [1.807, 2.05) is 4.90 Å². The van der Waals surface area contributed by atoms with Crippen molar-refractivity contribution in [2.75, 3.05) is 36.0 Å². The molecule has 0 amide bonds. The number of aromatic nitrogens is 6. The summed E-state index contributed by atoms with van der Waals surface area (Å²) < 4.78 is 25.9. The summed E-state index contributed by atoms with van der Waals surface area (Å²) in [5.41, 5.74) is 0.460. The van der Waals surface area contributed by atoms with E-state index in [9.17, 15) is 8.78 Å². The third-order valence-corrected chi connectivity index (χ3v) is 4.20. The van der Waals surface area contributed by atoms with Gasteiger partial charge >= 0.3 is 0 Å². The van der Waals surface area contributed by atoms with Crippen LogP contribution >= 0.6 is 0 Å². The number of H-pyrrole nitrogens is 1. The Balaban J connectivity index is 1.53. The van der Waals surface area contributed by atoms with Gasteiger partial charge in [0.15, 0.2) is 5.65 Å². The average Bonchev–Trinajstić information content (AvgIpc) is 3.10. The van der Waals surface area contributed by atoms with Crippen LogP contribution in [0.1, 0.15) is 17.9 Å². The number of anilines is 2. The van der Waals surface area contributed by atoms with E-state index in [1.165, 1.54) is 12.4 Å². The van der Waals surface area contributed by atoms with E-state index in [0.29, 0.717) is 43.5 Å². The SMILES string of the molecule is Cc1nc(C(F)F)cc(N2CCN(c3ncnc4[nH]ncc34)CC2)n1. The molecule has 130 valence electrons. The Morgan fingerprint density at radius 3 is 2.60 bits per heavy atom. The Bertz CT molecular complexity index is 888. The first-order valence-corrected chi connectivity index (χ1v) is 7.89. The van der Waals surface area contributed by atoms with Crippen molar-refractivity contribution in [3.8, 4) is 0 Å². The van der Waals surface area contributed by atoms with Crippen LogP contribution in [-0.4, -0.2) is 56.3 Å². The van der Waals surface area contributed by atoms with Crippen LogP contribution in [0.2, 0.25) is 0 Å². The molecule has 4 heterocycles. The van der Waals surface area contributed by atoms with Crippen LogP contribution in [-0.2, 0) is 0 Å². The molecule has 25 heavy (non-hydrogen) atoms. The molecule has 0 spiro atoms. The Kier molecular flexibility index (Phi) is 3.86. The van der Waals surface area contributed by atoms with Gasteiger partial charge in [-0.3, -0.25) is 5.10 Å². The van der Waals surface area contributed by atoms with Gasteiger partial charge in [0.2, 0.25) is 0 Å². The van der Waals surface area contributed by atoms with Crippen molar-refractivity contribution >= 4 is 22.7 Å². The Hall–Kier alpha value is -2.91. The van der Waals surface area contributed by atoms with Crippen LogP contribution in [0.25, 0.3) is 11.0 Å². The van der Waals surface area contributed by atoms with E-state index in [4.69, 9.17) is 0 Å². The second-order valence-electron chi connectivity index (χ2n) is 5.80. The molecule has 0 saturated carbocycles. The van der Waals surface area contributed by atoms with Crippen LogP contribution < -0.4 is 9.80 Å². The van der Waals surface area contributed by atoms with Crippen molar-refractivity contribution in [3.63, 3.8) is 0 Å². The summed E-state index contributed by atoms with van der Waals surface area (Å²) in [7, 11) is 0.